The second-order valence-corrected chi connectivity index (χ2v) is 7.91. The molecule has 0 saturated heterocycles. The summed E-state index contributed by atoms with van der Waals surface area (Å²) in [6.07, 6.45) is 6.75. The van der Waals surface area contributed by atoms with E-state index in [-0.39, 0.29) is 28.7 Å². The number of rotatable bonds is 4. The molecule has 11 nitrogen and oxygen atoms in total. The third-order valence-corrected chi connectivity index (χ3v) is 4.39. The Labute approximate surface area is 194 Å². The number of hydrogen-bond donors (Lipinski definition) is 5. The van der Waals surface area contributed by atoms with E-state index >= 15 is 0 Å². The summed E-state index contributed by atoms with van der Waals surface area (Å²) >= 11 is 0. The second kappa shape index (κ2) is 10.7. The molecule has 0 atom stereocenters. The van der Waals surface area contributed by atoms with Crippen molar-refractivity contribution in [2.24, 2.45) is 14.1 Å². The van der Waals surface area contributed by atoms with Gasteiger partial charge in [0.05, 0.1) is 14.1 Å². The first-order valence-corrected chi connectivity index (χ1v) is 10.8. The molecular weight excluding hydrogens is 468 g/mol. The predicted molar refractivity (Wildman–Crippen MR) is 123 cm³/mol. The van der Waals surface area contributed by atoms with Crippen LogP contribution in [0.1, 0.15) is 22.5 Å². The quantitative estimate of drug-likeness (QED) is 0.205. The van der Waals surface area contributed by atoms with Gasteiger partial charge in [-0.25, -0.2) is 8.42 Å². The molecule has 2 aromatic carbocycles. The molecule has 12 heteroatoms. The molecule has 0 aliphatic heterocycles. The highest BCUT2D eigenvalue weighted by Crippen LogP contribution is 2.23. The summed E-state index contributed by atoms with van der Waals surface area (Å²) in [5.41, 5.74) is 2.12. The smallest absolute Gasteiger partial charge is 0.498 e. The van der Waals surface area contributed by atoms with Gasteiger partial charge >= 0.3 is 5.69 Å². The maximum Gasteiger partial charge on any atom is 0.498 e. The zero-order chi connectivity index (χ0) is 25.6. The summed E-state index contributed by atoms with van der Waals surface area (Å²) in [6, 6.07) is 10.2. The molecule has 0 bridgehead atoms. The molecular formula is C22H22N2O9S. The fourth-order valence-electron chi connectivity index (χ4n) is 2.90. The maximum absolute atomic E-state index is 12.5. The number of phenolic OH excluding ortho intramolecular Hbond substituents is 4. The van der Waals surface area contributed by atoms with E-state index in [1.807, 2.05) is 0 Å². The molecule has 0 radical (unpaired) electrons. The first kappa shape index (κ1) is 26.1. The van der Waals surface area contributed by atoms with Gasteiger partial charge in [-0.3, -0.25) is 4.55 Å². The summed E-state index contributed by atoms with van der Waals surface area (Å²) in [6.45, 7) is 0. The van der Waals surface area contributed by atoms with Crippen LogP contribution in [0.15, 0.2) is 47.3 Å². The van der Waals surface area contributed by atoms with Gasteiger partial charge in [-0.05, 0) is 47.5 Å². The topological polar surface area (TPSA) is 184 Å². The second-order valence-electron chi connectivity index (χ2n) is 7.05. The van der Waals surface area contributed by atoms with Gasteiger partial charge < -0.3 is 25.0 Å². The molecule has 0 amide bonds. The van der Waals surface area contributed by atoms with Crippen LogP contribution in [0, 0.1) is 0 Å². The number of phenols is 4. The van der Waals surface area contributed by atoms with E-state index in [2.05, 4.69) is 0 Å². The summed E-state index contributed by atoms with van der Waals surface area (Å²) in [7, 11) is -1.63. The molecule has 1 heterocycles. The highest BCUT2D eigenvalue weighted by molar-refractivity contribution is 7.79. The standard InChI is InChI=1S/C22H20N2O5.H2O4S/c1-23-16(5-3-14-7-18(25)12-19(26)8-14)11-17(24(2)22(23)29)6-4-15-9-20(27)13-21(28)10-15;1-5(2,3)4/h3-13H,1-2H3,(H3-,25,26,27,28);(H2,1,2,3,4). The van der Waals surface area contributed by atoms with E-state index in [4.69, 9.17) is 17.5 Å². The Bertz CT molecular complexity index is 1290. The molecule has 0 spiro atoms. The van der Waals surface area contributed by atoms with Crippen molar-refractivity contribution >= 4 is 34.7 Å². The molecule has 0 saturated carbocycles. The fraction of sp³-hybridized carbons (Fsp3) is 0.0909. The van der Waals surface area contributed by atoms with Crippen LogP contribution in [-0.4, -0.2) is 42.5 Å². The Morgan fingerprint density at radius 2 is 1.18 bits per heavy atom. The van der Waals surface area contributed by atoms with Crippen molar-refractivity contribution in [1.29, 1.82) is 0 Å². The monoisotopic (exact) mass is 490 g/mol. The maximum atomic E-state index is 12.5. The van der Waals surface area contributed by atoms with Crippen LogP contribution in [-0.2, 0) is 24.5 Å². The van der Waals surface area contributed by atoms with Crippen molar-refractivity contribution in [1.82, 2.24) is 4.57 Å². The van der Waals surface area contributed by atoms with Gasteiger partial charge in [-0.2, -0.15) is 13.9 Å². The van der Waals surface area contributed by atoms with Crippen molar-refractivity contribution in [3.05, 3.63) is 75.5 Å². The third kappa shape index (κ3) is 8.09. The van der Waals surface area contributed by atoms with E-state index < -0.39 is 10.4 Å². The van der Waals surface area contributed by atoms with Crippen molar-refractivity contribution in [3.8, 4) is 23.0 Å². The predicted octanol–water partition coefficient (Wildman–Crippen LogP) is 1.38. The Morgan fingerprint density at radius 1 is 0.794 bits per heavy atom. The van der Waals surface area contributed by atoms with Crippen molar-refractivity contribution in [3.63, 3.8) is 0 Å². The minimum absolute atomic E-state index is 0.0593. The average molecular weight is 490 g/mol. The Hall–Kier alpha value is -4.13. The van der Waals surface area contributed by atoms with Gasteiger partial charge in [0, 0.05) is 18.2 Å². The fourth-order valence-corrected chi connectivity index (χ4v) is 2.90. The number of benzene rings is 2. The summed E-state index contributed by atoms with van der Waals surface area (Å²) in [5, 5.41) is 38.4. The normalized spacial score (nSPS) is 11.5. The average Bonchev–Trinajstić information content (AvgIpc) is 2.68. The van der Waals surface area contributed by atoms with Crippen LogP contribution in [0.4, 0.5) is 0 Å². The van der Waals surface area contributed by atoms with Crippen molar-refractivity contribution in [2.75, 3.05) is 0 Å². The van der Waals surface area contributed by atoms with Gasteiger partial charge in [0.25, 0.3) is 0 Å². The molecule has 1 aromatic heterocycles. The van der Waals surface area contributed by atoms with Gasteiger partial charge in [0.2, 0.25) is 10.4 Å². The van der Waals surface area contributed by atoms with Gasteiger partial charge in [-0.15, -0.1) is 0 Å². The minimum Gasteiger partial charge on any atom is -0.726 e. The first-order chi connectivity index (χ1) is 15.7. The number of hydrogen-bond acceptors (Lipinski definition) is 8. The number of aromatic nitrogens is 2. The molecule has 0 aliphatic rings. The SMILES string of the molecule is Cn1c(C=Cc2cc(O)cc(O)c2)cc(C=Cc2cc(O)cc(O)c2)[n+](C)c1=O.O=S(=O)([O-])O. The molecule has 0 fully saturated rings. The molecule has 180 valence electrons. The highest BCUT2D eigenvalue weighted by Gasteiger charge is 2.13. The Kier molecular flexibility index (Phi) is 8.19. The van der Waals surface area contributed by atoms with Crippen LogP contribution in [0.2, 0.25) is 0 Å². The Morgan fingerprint density at radius 3 is 1.59 bits per heavy atom. The molecule has 3 rings (SSSR count). The molecule has 0 unspecified atom stereocenters. The summed E-state index contributed by atoms with van der Waals surface area (Å²) < 4.78 is 35.8. The zero-order valence-corrected chi connectivity index (χ0v) is 18.8. The van der Waals surface area contributed by atoms with Crippen LogP contribution in [0.3, 0.4) is 0 Å². The van der Waals surface area contributed by atoms with E-state index in [0.717, 1.165) is 0 Å². The van der Waals surface area contributed by atoms with Gasteiger partial charge in [0.1, 0.15) is 34.4 Å². The lowest BCUT2D eigenvalue weighted by Crippen LogP contribution is -2.53. The molecule has 0 aliphatic carbocycles. The number of aromatic hydroxyl groups is 4. The van der Waals surface area contributed by atoms with Crippen LogP contribution >= 0.6 is 0 Å². The van der Waals surface area contributed by atoms with E-state index in [9.17, 15) is 25.2 Å². The van der Waals surface area contributed by atoms with Crippen molar-refractivity contribution < 1.29 is 42.5 Å². The summed E-state index contributed by atoms with van der Waals surface area (Å²) in [4.78, 5) is 12.5. The summed E-state index contributed by atoms with van der Waals surface area (Å²) in [5.74, 6) is -0.237. The lowest BCUT2D eigenvalue weighted by molar-refractivity contribution is -0.692. The van der Waals surface area contributed by atoms with Crippen LogP contribution in [0.5, 0.6) is 23.0 Å². The highest BCUT2D eigenvalue weighted by atomic mass is 32.3. The number of nitrogens with zero attached hydrogens (tertiary/aromatic N) is 2. The minimum atomic E-state index is -4.92. The lowest BCUT2D eigenvalue weighted by atomic mass is 10.1. The third-order valence-electron chi connectivity index (χ3n) is 4.39. The van der Waals surface area contributed by atoms with Gasteiger partial charge in [0.15, 0.2) is 0 Å². The van der Waals surface area contributed by atoms with E-state index in [1.54, 1.807) is 44.5 Å². The lowest BCUT2D eigenvalue weighted by Gasteiger charge is -2.04. The van der Waals surface area contributed by atoms with E-state index in [0.29, 0.717) is 22.5 Å². The Balaban J connectivity index is 0.000000739. The first-order valence-electron chi connectivity index (χ1n) is 9.43. The van der Waals surface area contributed by atoms with Crippen molar-refractivity contribution in [2.45, 2.75) is 0 Å². The van der Waals surface area contributed by atoms with Crippen LogP contribution in [0.25, 0.3) is 24.3 Å². The van der Waals surface area contributed by atoms with Gasteiger partial charge in [-0.1, -0.05) is 12.2 Å². The molecule has 34 heavy (non-hydrogen) atoms. The largest absolute Gasteiger partial charge is 0.726 e. The zero-order valence-electron chi connectivity index (χ0n) is 18.0. The van der Waals surface area contributed by atoms with E-state index in [1.165, 1.54) is 45.5 Å². The van der Waals surface area contributed by atoms with Crippen LogP contribution < -0.4 is 10.3 Å². The molecule has 5 N–H and O–H groups in total. The molecule has 3 aromatic rings.